The molecule has 1 aliphatic rings. The third-order valence-electron chi connectivity index (χ3n) is 4.09. The Balaban J connectivity index is 1.53. The van der Waals surface area contributed by atoms with Gasteiger partial charge < -0.3 is 19.9 Å². The molecule has 138 valence electrons. The Hall–Kier alpha value is -2.48. The normalized spacial score (nSPS) is 14.5. The lowest BCUT2D eigenvalue weighted by atomic mass is 10.2. The van der Waals surface area contributed by atoms with Crippen molar-refractivity contribution in [3.05, 3.63) is 54.3 Å². The van der Waals surface area contributed by atoms with Crippen LogP contribution >= 0.6 is 12.2 Å². The fourth-order valence-corrected chi connectivity index (χ4v) is 3.08. The molecule has 0 saturated carbocycles. The zero-order valence-electron chi connectivity index (χ0n) is 13.9. The van der Waals surface area contributed by atoms with Gasteiger partial charge in [-0.05, 0) is 48.6 Å². The van der Waals surface area contributed by atoms with Crippen LogP contribution in [-0.4, -0.2) is 42.8 Å². The van der Waals surface area contributed by atoms with Crippen molar-refractivity contribution in [3.8, 4) is 5.75 Å². The number of halogens is 3. The monoisotopic (exact) mass is 381 g/mol. The summed E-state index contributed by atoms with van der Waals surface area (Å²) in [6.07, 6.45) is 0. The Morgan fingerprint density at radius 3 is 2.27 bits per heavy atom. The van der Waals surface area contributed by atoms with Gasteiger partial charge >= 0.3 is 6.61 Å². The number of hydrogen-bond acceptors (Lipinski definition) is 3. The van der Waals surface area contributed by atoms with E-state index >= 15 is 0 Å². The molecule has 1 fully saturated rings. The molecule has 0 aliphatic carbocycles. The van der Waals surface area contributed by atoms with Gasteiger partial charge in [0.2, 0.25) is 0 Å². The van der Waals surface area contributed by atoms with E-state index in [1.807, 2.05) is 15.9 Å². The molecule has 4 nitrogen and oxygen atoms in total. The smallest absolute Gasteiger partial charge is 0.387 e. The Morgan fingerprint density at radius 1 is 1.00 bits per heavy atom. The van der Waals surface area contributed by atoms with Crippen LogP contribution in [0.15, 0.2) is 48.5 Å². The van der Waals surface area contributed by atoms with Crippen LogP contribution in [0.3, 0.4) is 0 Å². The Bertz CT molecular complexity index is 750. The van der Waals surface area contributed by atoms with Gasteiger partial charge in [-0.25, -0.2) is 4.39 Å². The highest BCUT2D eigenvalue weighted by Crippen LogP contribution is 2.21. The van der Waals surface area contributed by atoms with Crippen LogP contribution in [0, 0.1) is 5.82 Å². The first-order valence-corrected chi connectivity index (χ1v) is 8.54. The summed E-state index contributed by atoms with van der Waals surface area (Å²) >= 11 is 5.41. The van der Waals surface area contributed by atoms with Crippen molar-refractivity contribution in [2.24, 2.45) is 0 Å². The first kappa shape index (κ1) is 18.3. The molecule has 1 saturated heterocycles. The highest BCUT2D eigenvalue weighted by molar-refractivity contribution is 7.80. The second-order valence-corrected chi connectivity index (χ2v) is 6.15. The number of nitrogens with one attached hydrogen (secondary N) is 1. The summed E-state index contributed by atoms with van der Waals surface area (Å²) in [5.41, 5.74) is 1.29. The van der Waals surface area contributed by atoms with Gasteiger partial charge in [0.05, 0.1) is 5.69 Å². The molecule has 3 rings (SSSR count). The van der Waals surface area contributed by atoms with E-state index < -0.39 is 6.61 Å². The van der Waals surface area contributed by atoms with Gasteiger partial charge in [0.15, 0.2) is 5.11 Å². The van der Waals surface area contributed by atoms with Crippen molar-refractivity contribution in [2.45, 2.75) is 6.61 Å². The zero-order chi connectivity index (χ0) is 18.5. The number of piperazine rings is 1. The molecular formula is C18H18F3N3OS. The van der Waals surface area contributed by atoms with Crippen LogP contribution in [-0.2, 0) is 0 Å². The van der Waals surface area contributed by atoms with Gasteiger partial charge in [0, 0.05) is 31.9 Å². The summed E-state index contributed by atoms with van der Waals surface area (Å²) in [5, 5.41) is 3.62. The predicted octanol–water partition coefficient (Wildman–Crippen LogP) is 3.95. The molecule has 1 heterocycles. The number of para-hydroxylation sites is 1. The van der Waals surface area contributed by atoms with Gasteiger partial charge in [-0.15, -0.1) is 0 Å². The lowest BCUT2D eigenvalue weighted by Crippen LogP contribution is -2.50. The van der Waals surface area contributed by atoms with Crippen molar-refractivity contribution < 1.29 is 17.9 Å². The van der Waals surface area contributed by atoms with E-state index in [2.05, 4.69) is 10.1 Å². The molecular weight excluding hydrogens is 363 g/mol. The summed E-state index contributed by atoms with van der Waals surface area (Å²) in [6, 6.07) is 12.9. The van der Waals surface area contributed by atoms with Gasteiger partial charge in [-0.3, -0.25) is 0 Å². The van der Waals surface area contributed by atoms with E-state index in [-0.39, 0.29) is 11.6 Å². The van der Waals surface area contributed by atoms with Gasteiger partial charge in [0.1, 0.15) is 11.6 Å². The van der Waals surface area contributed by atoms with E-state index in [1.54, 1.807) is 24.3 Å². The Kier molecular flexibility index (Phi) is 5.82. The summed E-state index contributed by atoms with van der Waals surface area (Å²) in [6.45, 7) is -0.214. The van der Waals surface area contributed by atoms with E-state index in [4.69, 9.17) is 12.2 Å². The van der Waals surface area contributed by atoms with Crippen molar-refractivity contribution in [2.75, 3.05) is 36.4 Å². The zero-order valence-corrected chi connectivity index (χ0v) is 14.7. The number of alkyl halides is 2. The molecule has 0 atom stereocenters. The average Bonchev–Trinajstić information content (AvgIpc) is 2.63. The summed E-state index contributed by atoms with van der Waals surface area (Å²) in [4.78, 5) is 3.99. The highest BCUT2D eigenvalue weighted by atomic mass is 32.1. The number of benzene rings is 2. The minimum atomic E-state index is -2.85. The van der Waals surface area contributed by atoms with Crippen LogP contribution < -0.4 is 15.0 Å². The van der Waals surface area contributed by atoms with Gasteiger partial charge in [0.25, 0.3) is 0 Å². The van der Waals surface area contributed by atoms with E-state index in [0.717, 1.165) is 0 Å². The molecule has 0 bridgehead atoms. The van der Waals surface area contributed by atoms with Crippen molar-refractivity contribution >= 4 is 28.7 Å². The van der Waals surface area contributed by atoms with E-state index in [0.29, 0.717) is 42.7 Å². The Labute approximate surface area is 155 Å². The molecule has 1 aliphatic heterocycles. The van der Waals surface area contributed by atoms with Gasteiger partial charge in [-0.1, -0.05) is 12.1 Å². The number of ether oxygens (including phenoxy) is 1. The quantitative estimate of drug-likeness (QED) is 0.810. The third-order valence-corrected chi connectivity index (χ3v) is 4.45. The molecule has 1 N–H and O–H groups in total. The second kappa shape index (κ2) is 8.27. The fraction of sp³-hybridized carbons (Fsp3) is 0.278. The van der Waals surface area contributed by atoms with Crippen LogP contribution in [0.25, 0.3) is 0 Å². The van der Waals surface area contributed by atoms with Crippen LogP contribution in [0.4, 0.5) is 24.5 Å². The maximum absolute atomic E-state index is 13.9. The second-order valence-electron chi connectivity index (χ2n) is 5.76. The highest BCUT2D eigenvalue weighted by Gasteiger charge is 2.21. The topological polar surface area (TPSA) is 27.7 Å². The average molecular weight is 381 g/mol. The minimum absolute atomic E-state index is 0.0926. The molecule has 0 spiro atoms. The molecule has 0 aromatic heterocycles. The Morgan fingerprint density at radius 2 is 1.65 bits per heavy atom. The number of thiocarbonyl (C=S) groups is 1. The van der Waals surface area contributed by atoms with Crippen LogP contribution in [0.2, 0.25) is 0 Å². The maximum Gasteiger partial charge on any atom is 0.387 e. The number of hydrogen-bond donors (Lipinski definition) is 1. The minimum Gasteiger partial charge on any atom is -0.435 e. The molecule has 2 aromatic rings. The molecule has 26 heavy (non-hydrogen) atoms. The van der Waals surface area contributed by atoms with E-state index in [1.165, 1.54) is 18.2 Å². The standard InChI is InChI=1S/C18H18F3N3OS/c19-15-3-1-2-4-16(15)23-9-11-24(12-10-23)18(26)22-13-5-7-14(8-6-13)25-17(20)21/h1-8,17H,9-12H2,(H,22,26). The molecule has 8 heteroatoms. The number of anilines is 2. The van der Waals surface area contributed by atoms with Crippen LogP contribution in [0.1, 0.15) is 0 Å². The predicted molar refractivity (Wildman–Crippen MR) is 99.5 cm³/mol. The first-order chi connectivity index (χ1) is 12.5. The maximum atomic E-state index is 13.9. The molecule has 0 amide bonds. The lowest BCUT2D eigenvalue weighted by molar-refractivity contribution is -0.0498. The lowest BCUT2D eigenvalue weighted by Gasteiger charge is -2.37. The molecule has 0 radical (unpaired) electrons. The first-order valence-electron chi connectivity index (χ1n) is 8.13. The number of nitrogens with zero attached hydrogens (tertiary/aromatic N) is 2. The van der Waals surface area contributed by atoms with Crippen molar-refractivity contribution in [1.29, 1.82) is 0 Å². The molecule has 0 unspecified atom stereocenters. The summed E-state index contributed by atoms with van der Waals surface area (Å²) in [5.74, 6) is -0.136. The van der Waals surface area contributed by atoms with Crippen molar-refractivity contribution in [3.63, 3.8) is 0 Å². The van der Waals surface area contributed by atoms with E-state index in [9.17, 15) is 13.2 Å². The van der Waals surface area contributed by atoms with Crippen molar-refractivity contribution in [1.82, 2.24) is 4.90 Å². The SMILES string of the molecule is Fc1ccccc1N1CCN(C(=S)Nc2ccc(OC(F)F)cc2)CC1. The molecule has 2 aromatic carbocycles. The largest absolute Gasteiger partial charge is 0.435 e. The fourth-order valence-electron chi connectivity index (χ4n) is 2.78. The van der Waals surface area contributed by atoms with Crippen LogP contribution in [0.5, 0.6) is 5.75 Å². The summed E-state index contributed by atoms with van der Waals surface area (Å²) < 4.78 is 42.5. The number of rotatable bonds is 4. The summed E-state index contributed by atoms with van der Waals surface area (Å²) in [7, 11) is 0. The third kappa shape index (κ3) is 4.57. The van der Waals surface area contributed by atoms with Gasteiger partial charge in [-0.2, -0.15) is 8.78 Å².